The summed E-state index contributed by atoms with van der Waals surface area (Å²) in [4.78, 5) is 2.11. The molecule has 0 aliphatic heterocycles. The molecule has 1 unspecified atom stereocenters. The summed E-state index contributed by atoms with van der Waals surface area (Å²) in [6, 6.07) is 6.44. The standard InChI is InChI=1S/C14H24N2O/c1-11-5-6-14(17-8-7-16(3)4)13(9-11)10-12(2)15/h5-6,9,12H,7-8,10,15H2,1-4H3. The van der Waals surface area contributed by atoms with Gasteiger partial charge in [0.15, 0.2) is 0 Å². The van der Waals surface area contributed by atoms with Crippen LogP contribution in [0.2, 0.25) is 0 Å². The van der Waals surface area contributed by atoms with Gasteiger partial charge in [-0.3, -0.25) is 0 Å². The van der Waals surface area contributed by atoms with Crippen LogP contribution in [0.25, 0.3) is 0 Å². The van der Waals surface area contributed by atoms with Crippen LogP contribution in [0.15, 0.2) is 18.2 Å². The van der Waals surface area contributed by atoms with Crippen LogP contribution in [0.1, 0.15) is 18.1 Å². The Balaban J connectivity index is 2.68. The van der Waals surface area contributed by atoms with Gasteiger partial charge in [0, 0.05) is 12.6 Å². The van der Waals surface area contributed by atoms with Gasteiger partial charge in [0.05, 0.1) is 0 Å². The average molecular weight is 236 g/mol. The lowest BCUT2D eigenvalue weighted by atomic mass is 10.0. The topological polar surface area (TPSA) is 38.5 Å². The van der Waals surface area contributed by atoms with Gasteiger partial charge in [0.1, 0.15) is 12.4 Å². The Morgan fingerprint density at radius 2 is 2.06 bits per heavy atom. The third kappa shape index (κ3) is 5.20. The molecule has 1 atom stereocenters. The van der Waals surface area contributed by atoms with Crippen molar-refractivity contribution in [3.05, 3.63) is 29.3 Å². The van der Waals surface area contributed by atoms with E-state index in [1.54, 1.807) is 0 Å². The predicted octanol–water partition coefficient (Wildman–Crippen LogP) is 1.83. The first-order valence-corrected chi connectivity index (χ1v) is 6.11. The highest BCUT2D eigenvalue weighted by molar-refractivity contribution is 5.37. The summed E-state index contributed by atoms with van der Waals surface area (Å²) in [5.74, 6) is 0.967. The van der Waals surface area contributed by atoms with Gasteiger partial charge >= 0.3 is 0 Å². The first-order valence-electron chi connectivity index (χ1n) is 6.11. The van der Waals surface area contributed by atoms with Gasteiger partial charge in [-0.15, -0.1) is 0 Å². The van der Waals surface area contributed by atoms with E-state index >= 15 is 0 Å². The van der Waals surface area contributed by atoms with Gasteiger partial charge in [-0.25, -0.2) is 0 Å². The molecule has 1 aromatic rings. The van der Waals surface area contributed by atoms with Crippen LogP contribution in [0.5, 0.6) is 5.75 Å². The summed E-state index contributed by atoms with van der Waals surface area (Å²) in [5, 5.41) is 0. The molecule has 0 radical (unpaired) electrons. The van der Waals surface area contributed by atoms with Gasteiger partial charge in [0.2, 0.25) is 0 Å². The van der Waals surface area contributed by atoms with Crippen molar-refractivity contribution in [3.8, 4) is 5.75 Å². The second kappa shape index (κ2) is 6.62. The summed E-state index contributed by atoms with van der Waals surface area (Å²) >= 11 is 0. The summed E-state index contributed by atoms with van der Waals surface area (Å²) in [6.45, 7) is 5.74. The largest absolute Gasteiger partial charge is 0.492 e. The summed E-state index contributed by atoms with van der Waals surface area (Å²) in [7, 11) is 4.09. The third-order valence-electron chi connectivity index (χ3n) is 2.55. The minimum Gasteiger partial charge on any atom is -0.492 e. The lowest BCUT2D eigenvalue weighted by Crippen LogP contribution is -2.21. The van der Waals surface area contributed by atoms with Crippen molar-refractivity contribution in [2.45, 2.75) is 26.3 Å². The van der Waals surface area contributed by atoms with Gasteiger partial charge in [-0.2, -0.15) is 0 Å². The fourth-order valence-corrected chi connectivity index (χ4v) is 1.69. The lowest BCUT2D eigenvalue weighted by molar-refractivity contribution is 0.259. The quantitative estimate of drug-likeness (QED) is 0.819. The van der Waals surface area contributed by atoms with Gasteiger partial charge in [-0.05, 0) is 46.0 Å². The molecule has 0 saturated carbocycles. The highest BCUT2D eigenvalue weighted by Gasteiger charge is 2.06. The molecular formula is C14H24N2O. The molecule has 0 aliphatic carbocycles. The molecular weight excluding hydrogens is 212 g/mol. The van der Waals surface area contributed by atoms with E-state index in [9.17, 15) is 0 Å². The Morgan fingerprint density at radius 3 is 2.65 bits per heavy atom. The molecule has 0 heterocycles. The average Bonchev–Trinajstić information content (AvgIpc) is 2.20. The Hall–Kier alpha value is -1.06. The van der Waals surface area contributed by atoms with E-state index in [4.69, 9.17) is 10.5 Å². The van der Waals surface area contributed by atoms with Crippen LogP contribution in [0.4, 0.5) is 0 Å². The molecule has 1 aromatic carbocycles. The first kappa shape index (κ1) is 14.0. The number of hydrogen-bond acceptors (Lipinski definition) is 3. The number of likely N-dealkylation sites (N-methyl/N-ethyl adjacent to an activating group) is 1. The minimum absolute atomic E-state index is 0.160. The zero-order valence-electron chi connectivity index (χ0n) is 11.4. The van der Waals surface area contributed by atoms with Crippen LogP contribution in [-0.4, -0.2) is 38.2 Å². The number of benzene rings is 1. The number of rotatable bonds is 6. The van der Waals surface area contributed by atoms with Crippen LogP contribution >= 0.6 is 0 Å². The lowest BCUT2D eigenvalue weighted by Gasteiger charge is -2.15. The second-order valence-corrected chi connectivity index (χ2v) is 4.94. The SMILES string of the molecule is Cc1ccc(OCCN(C)C)c(CC(C)N)c1. The van der Waals surface area contributed by atoms with E-state index in [-0.39, 0.29) is 6.04 Å². The molecule has 1 rings (SSSR count). The molecule has 3 heteroatoms. The second-order valence-electron chi connectivity index (χ2n) is 4.94. The van der Waals surface area contributed by atoms with Crippen LogP contribution < -0.4 is 10.5 Å². The van der Waals surface area contributed by atoms with Gasteiger partial charge in [0.25, 0.3) is 0 Å². The highest BCUT2D eigenvalue weighted by atomic mass is 16.5. The third-order valence-corrected chi connectivity index (χ3v) is 2.55. The van der Waals surface area contributed by atoms with Crippen molar-refractivity contribution in [3.63, 3.8) is 0 Å². The van der Waals surface area contributed by atoms with Crippen molar-refractivity contribution >= 4 is 0 Å². The van der Waals surface area contributed by atoms with Crippen LogP contribution in [0.3, 0.4) is 0 Å². The fourth-order valence-electron chi connectivity index (χ4n) is 1.69. The molecule has 0 bridgehead atoms. The maximum absolute atomic E-state index is 5.86. The number of ether oxygens (including phenoxy) is 1. The van der Waals surface area contributed by atoms with Crippen molar-refractivity contribution in [1.82, 2.24) is 4.90 Å². The van der Waals surface area contributed by atoms with E-state index < -0.39 is 0 Å². The van der Waals surface area contributed by atoms with Crippen LogP contribution in [0, 0.1) is 6.92 Å². The van der Waals surface area contributed by atoms with Gasteiger partial charge < -0.3 is 15.4 Å². The zero-order valence-corrected chi connectivity index (χ0v) is 11.4. The molecule has 0 amide bonds. The Labute approximate surface area is 105 Å². The normalized spacial score (nSPS) is 12.8. The summed E-state index contributed by atoms with van der Waals surface area (Å²) in [5.41, 5.74) is 8.31. The highest BCUT2D eigenvalue weighted by Crippen LogP contribution is 2.21. The Bertz CT molecular complexity index is 348. The maximum Gasteiger partial charge on any atom is 0.122 e. The number of aryl methyl sites for hydroxylation is 1. The monoisotopic (exact) mass is 236 g/mol. The van der Waals surface area contributed by atoms with E-state index in [1.165, 1.54) is 11.1 Å². The molecule has 0 aliphatic rings. The predicted molar refractivity (Wildman–Crippen MR) is 72.6 cm³/mol. The number of hydrogen-bond donors (Lipinski definition) is 1. The molecule has 96 valence electrons. The Kier molecular flexibility index (Phi) is 5.45. The van der Waals surface area contributed by atoms with E-state index in [1.807, 2.05) is 27.1 Å². The first-order chi connectivity index (χ1) is 7.99. The molecule has 0 aromatic heterocycles. The summed E-state index contributed by atoms with van der Waals surface area (Å²) in [6.07, 6.45) is 0.860. The smallest absolute Gasteiger partial charge is 0.122 e. The van der Waals surface area contributed by atoms with Crippen molar-refractivity contribution in [2.24, 2.45) is 5.73 Å². The minimum atomic E-state index is 0.160. The van der Waals surface area contributed by atoms with E-state index in [0.29, 0.717) is 6.61 Å². The van der Waals surface area contributed by atoms with Gasteiger partial charge in [-0.1, -0.05) is 17.7 Å². The van der Waals surface area contributed by atoms with Crippen molar-refractivity contribution < 1.29 is 4.74 Å². The molecule has 2 N–H and O–H groups in total. The Morgan fingerprint density at radius 1 is 1.35 bits per heavy atom. The maximum atomic E-state index is 5.86. The van der Waals surface area contributed by atoms with Crippen LogP contribution in [-0.2, 0) is 6.42 Å². The zero-order chi connectivity index (χ0) is 12.8. The van der Waals surface area contributed by atoms with E-state index in [0.717, 1.165) is 18.7 Å². The molecule has 3 nitrogen and oxygen atoms in total. The fraction of sp³-hybridized carbons (Fsp3) is 0.571. The molecule has 0 spiro atoms. The summed E-state index contributed by atoms with van der Waals surface area (Å²) < 4.78 is 5.81. The molecule has 0 fully saturated rings. The molecule has 17 heavy (non-hydrogen) atoms. The number of nitrogens with two attached hydrogens (primary N) is 1. The van der Waals surface area contributed by atoms with Crippen molar-refractivity contribution in [2.75, 3.05) is 27.2 Å². The number of nitrogens with zero attached hydrogens (tertiary/aromatic N) is 1. The molecule has 0 saturated heterocycles. The van der Waals surface area contributed by atoms with E-state index in [2.05, 4.69) is 24.0 Å². The van der Waals surface area contributed by atoms with Crippen molar-refractivity contribution in [1.29, 1.82) is 0 Å².